The first-order chi connectivity index (χ1) is 13.3. The van der Waals surface area contributed by atoms with Crippen molar-refractivity contribution in [3.8, 4) is 5.69 Å². The van der Waals surface area contributed by atoms with Crippen molar-refractivity contribution in [1.29, 1.82) is 0 Å². The highest BCUT2D eigenvalue weighted by molar-refractivity contribution is 7.89. The topological polar surface area (TPSA) is 103 Å². The van der Waals surface area contributed by atoms with Gasteiger partial charge in [-0.1, -0.05) is 23.7 Å². The van der Waals surface area contributed by atoms with Gasteiger partial charge in [-0.05, 0) is 42.8 Å². The summed E-state index contributed by atoms with van der Waals surface area (Å²) in [6, 6.07) is 10.6. The molecule has 10 heteroatoms. The van der Waals surface area contributed by atoms with Gasteiger partial charge in [0.25, 0.3) is 0 Å². The lowest BCUT2D eigenvalue weighted by Gasteiger charge is -2.16. The maximum Gasteiger partial charge on any atom is 0.337 e. The van der Waals surface area contributed by atoms with Gasteiger partial charge in [0.15, 0.2) is 0 Å². The van der Waals surface area contributed by atoms with Crippen molar-refractivity contribution in [2.24, 2.45) is 0 Å². The summed E-state index contributed by atoms with van der Waals surface area (Å²) in [6.07, 6.45) is 3.00. The Balaban J connectivity index is 1.79. The lowest BCUT2D eigenvalue weighted by Crippen LogP contribution is -2.27. The number of methoxy groups -OCH3 is 1. The van der Waals surface area contributed by atoms with Crippen LogP contribution in [0.1, 0.15) is 28.9 Å². The minimum atomic E-state index is -3.90. The second-order valence-corrected chi connectivity index (χ2v) is 8.00. The van der Waals surface area contributed by atoms with E-state index >= 15 is 0 Å². The SMILES string of the molecule is COC(=O)c1ccc(S(=O)(=O)NC(C)c2ccc(-n3cncn3)cc2)c(Cl)c1. The number of nitrogens with one attached hydrogen (secondary N) is 1. The van der Waals surface area contributed by atoms with Gasteiger partial charge in [0.1, 0.15) is 17.6 Å². The van der Waals surface area contributed by atoms with Crippen LogP contribution in [0.15, 0.2) is 60.0 Å². The molecule has 1 heterocycles. The average Bonchev–Trinajstić information content (AvgIpc) is 3.21. The number of carbonyl (C=O) groups excluding carboxylic acids is 1. The summed E-state index contributed by atoms with van der Waals surface area (Å²) in [5, 5.41) is 3.98. The Bertz CT molecular complexity index is 1080. The molecular formula is C18H17ClN4O4S. The molecule has 1 N–H and O–H groups in total. The van der Waals surface area contributed by atoms with Crippen LogP contribution in [0.3, 0.4) is 0 Å². The van der Waals surface area contributed by atoms with Crippen molar-refractivity contribution < 1.29 is 17.9 Å². The van der Waals surface area contributed by atoms with Crippen LogP contribution in [0, 0.1) is 0 Å². The van der Waals surface area contributed by atoms with Crippen molar-refractivity contribution in [2.45, 2.75) is 17.9 Å². The molecule has 0 radical (unpaired) electrons. The molecule has 0 spiro atoms. The molecule has 8 nitrogen and oxygen atoms in total. The first-order valence-electron chi connectivity index (χ1n) is 8.17. The molecule has 146 valence electrons. The number of rotatable bonds is 6. The van der Waals surface area contributed by atoms with Crippen LogP contribution in [0.2, 0.25) is 5.02 Å². The second kappa shape index (κ2) is 8.09. The first kappa shape index (κ1) is 20.0. The highest BCUT2D eigenvalue weighted by Gasteiger charge is 2.22. The lowest BCUT2D eigenvalue weighted by molar-refractivity contribution is 0.0600. The van der Waals surface area contributed by atoms with Gasteiger partial charge in [0, 0.05) is 6.04 Å². The molecule has 0 amide bonds. The molecule has 0 aliphatic carbocycles. The fourth-order valence-electron chi connectivity index (χ4n) is 2.59. The molecule has 1 aromatic heterocycles. The second-order valence-electron chi connectivity index (χ2n) is 5.91. The van der Waals surface area contributed by atoms with Gasteiger partial charge in [-0.15, -0.1) is 0 Å². The Hall–Kier alpha value is -2.75. The Labute approximate surface area is 167 Å². The van der Waals surface area contributed by atoms with Crippen molar-refractivity contribution in [3.05, 3.63) is 71.3 Å². The highest BCUT2D eigenvalue weighted by Crippen LogP contribution is 2.25. The van der Waals surface area contributed by atoms with E-state index in [2.05, 4.69) is 19.5 Å². The van der Waals surface area contributed by atoms with Gasteiger partial charge in [0.2, 0.25) is 10.0 Å². The zero-order chi connectivity index (χ0) is 20.3. The van der Waals surface area contributed by atoms with Crippen LogP contribution in [0.25, 0.3) is 5.69 Å². The molecule has 3 rings (SSSR count). The molecule has 1 unspecified atom stereocenters. The van der Waals surface area contributed by atoms with Crippen LogP contribution in [0.5, 0.6) is 0 Å². The Kier molecular flexibility index (Phi) is 5.78. The molecule has 0 saturated heterocycles. The fraction of sp³-hybridized carbons (Fsp3) is 0.167. The zero-order valence-electron chi connectivity index (χ0n) is 15.0. The van der Waals surface area contributed by atoms with Gasteiger partial charge in [-0.2, -0.15) is 5.10 Å². The number of benzene rings is 2. The summed E-state index contributed by atoms with van der Waals surface area (Å²) in [5.74, 6) is -0.598. The quantitative estimate of drug-likeness (QED) is 0.615. The zero-order valence-corrected chi connectivity index (χ0v) is 16.6. The number of carbonyl (C=O) groups is 1. The van der Waals surface area contributed by atoms with Gasteiger partial charge < -0.3 is 4.74 Å². The van der Waals surface area contributed by atoms with E-state index in [-0.39, 0.29) is 15.5 Å². The molecule has 0 saturated carbocycles. The van der Waals surface area contributed by atoms with E-state index in [0.29, 0.717) is 0 Å². The van der Waals surface area contributed by atoms with E-state index < -0.39 is 22.0 Å². The molecule has 2 aromatic carbocycles. The van der Waals surface area contributed by atoms with E-state index in [4.69, 9.17) is 11.6 Å². The highest BCUT2D eigenvalue weighted by atomic mass is 35.5. The molecule has 0 fully saturated rings. The lowest BCUT2D eigenvalue weighted by atomic mass is 10.1. The summed E-state index contributed by atoms with van der Waals surface area (Å²) in [6.45, 7) is 1.72. The van der Waals surface area contributed by atoms with Crippen molar-refractivity contribution in [3.63, 3.8) is 0 Å². The number of esters is 1. The number of hydrogen-bond donors (Lipinski definition) is 1. The summed E-state index contributed by atoms with van der Waals surface area (Å²) in [7, 11) is -2.67. The van der Waals surface area contributed by atoms with Gasteiger partial charge in [-0.25, -0.2) is 27.6 Å². The number of halogens is 1. The van der Waals surface area contributed by atoms with Crippen LogP contribution in [0.4, 0.5) is 0 Å². The largest absolute Gasteiger partial charge is 0.465 e. The molecule has 28 heavy (non-hydrogen) atoms. The van der Waals surface area contributed by atoms with Crippen molar-refractivity contribution >= 4 is 27.6 Å². The maximum atomic E-state index is 12.7. The molecule has 0 aliphatic rings. The Morgan fingerprint density at radius 1 is 1.21 bits per heavy atom. The third-order valence-corrected chi connectivity index (χ3v) is 6.07. The summed E-state index contributed by atoms with van der Waals surface area (Å²) in [5.41, 5.74) is 1.73. The normalized spacial score (nSPS) is 12.5. The standard InChI is InChI=1S/C18H17ClN4O4S/c1-12(13-3-6-15(7-4-13)23-11-20-10-21-23)22-28(25,26)17-8-5-14(9-16(17)19)18(24)27-2/h3-12,22H,1-2H3. The predicted octanol–water partition coefficient (Wildman–Crippen LogP) is 2.75. The average molecular weight is 421 g/mol. The molecule has 1 atom stereocenters. The van der Waals surface area contributed by atoms with Crippen LogP contribution >= 0.6 is 11.6 Å². The molecule has 0 bridgehead atoms. The predicted molar refractivity (Wildman–Crippen MR) is 103 cm³/mol. The minimum Gasteiger partial charge on any atom is -0.465 e. The van der Waals surface area contributed by atoms with Gasteiger partial charge >= 0.3 is 5.97 Å². The maximum absolute atomic E-state index is 12.7. The monoisotopic (exact) mass is 420 g/mol. The van der Waals surface area contributed by atoms with E-state index in [0.717, 1.165) is 11.3 Å². The smallest absolute Gasteiger partial charge is 0.337 e. The van der Waals surface area contributed by atoms with Crippen LogP contribution in [-0.4, -0.2) is 36.3 Å². The summed E-state index contributed by atoms with van der Waals surface area (Å²) >= 11 is 6.08. The molecular weight excluding hydrogens is 404 g/mol. The number of ether oxygens (including phenoxy) is 1. The van der Waals surface area contributed by atoms with Crippen LogP contribution in [-0.2, 0) is 14.8 Å². The van der Waals surface area contributed by atoms with Crippen LogP contribution < -0.4 is 4.72 Å². The van der Waals surface area contributed by atoms with E-state index in [1.54, 1.807) is 30.1 Å². The Morgan fingerprint density at radius 2 is 1.93 bits per heavy atom. The molecule has 0 aliphatic heterocycles. The Morgan fingerprint density at radius 3 is 2.50 bits per heavy atom. The van der Waals surface area contributed by atoms with E-state index in [1.165, 1.54) is 31.6 Å². The van der Waals surface area contributed by atoms with Crippen molar-refractivity contribution in [2.75, 3.05) is 7.11 Å². The minimum absolute atomic E-state index is 0.0656. The number of sulfonamides is 1. The van der Waals surface area contributed by atoms with E-state index in [9.17, 15) is 13.2 Å². The molecule has 3 aromatic rings. The van der Waals surface area contributed by atoms with Gasteiger partial charge in [-0.3, -0.25) is 0 Å². The van der Waals surface area contributed by atoms with Gasteiger partial charge in [0.05, 0.1) is 23.4 Å². The number of hydrogen-bond acceptors (Lipinski definition) is 6. The number of aromatic nitrogens is 3. The number of nitrogens with zero attached hydrogens (tertiary/aromatic N) is 3. The third-order valence-electron chi connectivity index (χ3n) is 4.05. The van der Waals surface area contributed by atoms with Crippen molar-refractivity contribution in [1.82, 2.24) is 19.5 Å². The van der Waals surface area contributed by atoms with E-state index in [1.807, 2.05) is 12.1 Å². The third kappa shape index (κ3) is 4.22. The first-order valence-corrected chi connectivity index (χ1v) is 10.0. The summed E-state index contributed by atoms with van der Waals surface area (Å²) < 4.78 is 34.2. The fourth-order valence-corrected chi connectivity index (χ4v) is 4.36. The summed E-state index contributed by atoms with van der Waals surface area (Å²) in [4.78, 5) is 15.3.